The molecule has 2 rings (SSSR count). The van der Waals surface area contributed by atoms with Crippen molar-refractivity contribution in [1.29, 1.82) is 0 Å². The van der Waals surface area contributed by atoms with Crippen molar-refractivity contribution in [3.63, 3.8) is 0 Å². The molecule has 0 aliphatic heterocycles. The number of hydrogen-bond acceptors (Lipinski definition) is 3. The highest BCUT2D eigenvalue weighted by Gasteiger charge is 2.71. The second kappa shape index (κ2) is 6.68. The number of benzene rings is 2. The molecule has 2 N–H and O–H groups in total. The lowest BCUT2D eigenvalue weighted by molar-refractivity contribution is -0.376. The van der Waals surface area contributed by atoms with Gasteiger partial charge >= 0.3 is 12.4 Å². The number of aliphatic hydroxyl groups is 1. The smallest absolute Gasteiger partial charge is 0.369 e. The predicted octanol–water partition coefficient (Wildman–Crippen LogP) is 3.94. The molecule has 0 spiro atoms. The van der Waals surface area contributed by atoms with E-state index in [-0.39, 0.29) is 10.6 Å². The Morgan fingerprint density at radius 2 is 1.22 bits per heavy atom. The van der Waals surface area contributed by atoms with Crippen LogP contribution in [0.15, 0.2) is 53.4 Å². The molecule has 2 aromatic carbocycles. The SMILES string of the molecule is O=S(=O)(Nc1ccc(C(O)(C(F)(F)F)C(F)(F)F)cc1)c1ccc(F)cc1. The first-order chi connectivity index (χ1) is 12.2. The van der Waals surface area contributed by atoms with Crippen molar-refractivity contribution in [3.05, 3.63) is 59.9 Å². The topological polar surface area (TPSA) is 66.4 Å². The lowest BCUT2D eigenvalue weighted by Gasteiger charge is -2.32. The summed E-state index contributed by atoms with van der Waals surface area (Å²) >= 11 is 0. The van der Waals surface area contributed by atoms with Gasteiger partial charge in [0.25, 0.3) is 15.6 Å². The van der Waals surface area contributed by atoms with Gasteiger partial charge in [0.05, 0.1) is 4.90 Å². The van der Waals surface area contributed by atoms with Crippen LogP contribution in [0.5, 0.6) is 0 Å². The van der Waals surface area contributed by atoms with Crippen molar-refractivity contribution in [2.75, 3.05) is 4.72 Å². The maximum Gasteiger partial charge on any atom is 0.430 e. The van der Waals surface area contributed by atoms with Crippen LogP contribution in [0.25, 0.3) is 0 Å². The molecule has 4 nitrogen and oxygen atoms in total. The standard InChI is InChI=1S/C15H10F7NO3S/c16-10-3-7-12(8-4-10)27(25,26)23-11-5-1-9(2-6-11)13(24,14(17,18)19)15(20,21)22/h1-8,23-24H. The van der Waals surface area contributed by atoms with E-state index in [2.05, 4.69) is 0 Å². The van der Waals surface area contributed by atoms with E-state index in [9.17, 15) is 44.3 Å². The third-order valence-corrected chi connectivity index (χ3v) is 4.90. The van der Waals surface area contributed by atoms with Crippen LogP contribution in [0.2, 0.25) is 0 Å². The highest BCUT2D eigenvalue weighted by Crippen LogP contribution is 2.50. The van der Waals surface area contributed by atoms with Gasteiger partial charge in [0, 0.05) is 11.3 Å². The minimum Gasteiger partial charge on any atom is -0.369 e. The van der Waals surface area contributed by atoms with Crippen LogP contribution in [0.4, 0.5) is 36.4 Å². The van der Waals surface area contributed by atoms with Crippen molar-refractivity contribution in [1.82, 2.24) is 0 Å². The zero-order valence-electron chi connectivity index (χ0n) is 12.9. The summed E-state index contributed by atoms with van der Waals surface area (Å²) in [7, 11) is -4.26. The number of alkyl halides is 6. The minimum absolute atomic E-state index is 0.295. The fourth-order valence-corrected chi connectivity index (χ4v) is 3.15. The van der Waals surface area contributed by atoms with Crippen molar-refractivity contribution < 1.29 is 44.3 Å². The van der Waals surface area contributed by atoms with E-state index in [1.54, 1.807) is 0 Å². The molecule has 12 heteroatoms. The normalized spacial score (nSPS) is 13.5. The van der Waals surface area contributed by atoms with Crippen molar-refractivity contribution in [2.45, 2.75) is 22.8 Å². The van der Waals surface area contributed by atoms with Gasteiger partial charge in [0.2, 0.25) is 0 Å². The van der Waals surface area contributed by atoms with E-state index in [1.165, 1.54) is 0 Å². The van der Waals surface area contributed by atoms with E-state index in [0.717, 1.165) is 24.3 Å². The Balaban J connectivity index is 2.36. The Morgan fingerprint density at radius 1 is 0.778 bits per heavy atom. The van der Waals surface area contributed by atoms with Gasteiger partial charge in [-0.15, -0.1) is 0 Å². The van der Waals surface area contributed by atoms with E-state index < -0.39 is 39.4 Å². The monoisotopic (exact) mass is 417 g/mol. The van der Waals surface area contributed by atoms with Crippen molar-refractivity contribution in [3.8, 4) is 0 Å². The molecule has 0 saturated heterocycles. The molecule has 0 bridgehead atoms. The van der Waals surface area contributed by atoms with E-state index in [4.69, 9.17) is 0 Å². The van der Waals surface area contributed by atoms with Gasteiger partial charge in [-0.05, 0) is 36.4 Å². The third-order valence-electron chi connectivity index (χ3n) is 3.50. The third kappa shape index (κ3) is 4.00. The maximum atomic E-state index is 12.8. The molecule has 0 atom stereocenters. The molecule has 0 aromatic heterocycles. The minimum atomic E-state index is -6.06. The number of nitrogens with one attached hydrogen (secondary N) is 1. The van der Waals surface area contributed by atoms with Crippen LogP contribution >= 0.6 is 0 Å². The molecule has 0 saturated carbocycles. The Kier molecular flexibility index (Phi) is 5.18. The number of hydrogen-bond donors (Lipinski definition) is 2. The van der Waals surface area contributed by atoms with Gasteiger partial charge in [-0.3, -0.25) is 4.72 Å². The zero-order valence-corrected chi connectivity index (χ0v) is 13.8. The highest BCUT2D eigenvalue weighted by molar-refractivity contribution is 7.92. The highest BCUT2D eigenvalue weighted by atomic mass is 32.2. The second-order valence-corrected chi connectivity index (χ2v) is 7.03. The molecular formula is C15H10F7NO3S. The van der Waals surface area contributed by atoms with Crippen LogP contribution < -0.4 is 4.72 Å². The maximum absolute atomic E-state index is 12.8. The fraction of sp³-hybridized carbons (Fsp3) is 0.200. The van der Waals surface area contributed by atoms with Gasteiger partial charge in [0.1, 0.15) is 5.82 Å². The summed E-state index contributed by atoms with van der Waals surface area (Å²) < 4.78 is 116. The molecule has 0 aliphatic carbocycles. The lowest BCUT2D eigenvalue weighted by atomic mass is 9.92. The first kappa shape index (κ1) is 21.0. The van der Waals surface area contributed by atoms with Crippen LogP contribution in [-0.2, 0) is 15.6 Å². The average molecular weight is 417 g/mol. The summed E-state index contributed by atoms with van der Waals surface area (Å²) in [5.74, 6) is -0.711. The summed E-state index contributed by atoms with van der Waals surface area (Å²) in [4.78, 5) is -0.380. The Hall–Kier alpha value is -2.34. The molecule has 0 unspecified atom stereocenters. The average Bonchev–Trinajstić information content (AvgIpc) is 2.52. The summed E-state index contributed by atoms with van der Waals surface area (Å²) in [6, 6.07) is 5.37. The van der Waals surface area contributed by atoms with Crippen LogP contribution in [-0.4, -0.2) is 25.9 Å². The lowest BCUT2D eigenvalue weighted by Crippen LogP contribution is -2.53. The molecule has 0 radical (unpaired) electrons. The van der Waals surface area contributed by atoms with E-state index >= 15 is 0 Å². The molecule has 2 aromatic rings. The van der Waals surface area contributed by atoms with E-state index in [0.29, 0.717) is 24.3 Å². The van der Waals surface area contributed by atoms with Crippen LogP contribution in [0.1, 0.15) is 5.56 Å². The number of halogens is 7. The molecule has 0 amide bonds. The Morgan fingerprint density at radius 3 is 1.63 bits per heavy atom. The number of rotatable bonds is 4. The molecule has 148 valence electrons. The van der Waals surface area contributed by atoms with Crippen LogP contribution in [0.3, 0.4) is 0 Å². The predicted molar refractivity (Wildman–Crippen MR) is 79.7 cm³/mol. The quantitative estimate of drug-likeness (QED) is 0.741. The van der Waals surface area contributed by atoms with Gasteiger partial charge < -0.3 is 5.11 Å². The molecule has 0 aliphatic rings. The van der Waals surface area contributed by atoms with Gasteiger partial charge in [0.15, 0.2) is 0 Å². The Labute approximate surface area is 148 Å². The Bertz CT molecular complexity index is 890. The zero-order chi connectivity index (χ0) is 20.7. The summed E-state index contributed by atoms with van der Waals surface area (Å²) in [6.07, 6.45) is -12.1. The first-order valence-corrected chi connectivity index (χ1v) is 8.41. The van der Waals surface area contributed by atoms with Gasteiger partial charge in [-0.1, -0.05) is 12.1 Å². The molecule has 0 heterocycles. The van der Waals surface area contributed by atoms with Gasteiger partial charge in [-0.2, -0.15) is 26.3 Å². The molecular weight excluding hydrogens is 407 g/mol. The largest absolute Gasteiger partial charge is 0.430 e. The second-order valence-electron chi connectivity index (χ2n) is 5.34. The fourth-order valence-electron chi connectivity index (χ4n) is 2.10. The number of sulfonamides is 1. The van der Waals surface area contributed by atoms with Crippen LogP contribution in [0, 0.1) is 5.82 Å². The molecule has 0 fully saturated rings. The van der Waals surface area contributed by atoms with Crippen molar-refractivity contribution in [2.24, 2.45) is 0 Å². The van der Waals surface area contributed by atoms with Gasteiger partial charge in [-0.25, -0.2) is 12.8 Å². The first-order valence-electron chi connectivity index (χ1n) is 6.93. The summed E-state index contributed by atoms with van der Waals surface area (Å²) in [6.45, 7) is 0. The van der Waals surface area contributed by atoms with Crippen molar-refractivity contribution >= 4 is 15.7 Å². The summed E-state index contributed by atoms with van der Waals surface area (Å²) in [5.41, 5.74) is -7.02. The molecule has 27 heavy (non-hydrogen) atoms. The van der Waals surface area contributed by atoms with E-state index in [1.807, 2.05) is 4.72 Å². The summed E-state index contributed by atoms with van der Waals surface area (Å²) in [5, 5.41) is 9.26. The number of anilines is 1.